The van der Waals surface area contributed by atoms with E-state index in [2.05, 4.69) is 9.97 Å². The SMILES string of the molecule is Cc1ccc(-n2c(=S)[nH]c3ccccc3c2=O)c(C)n1. The molecule has 0 saturated heterocycles. The molecule has 0 aliphatic rings. The highest BCUT2D eigenvalue weighted by Crippen LogP contribution is 2.13. The lowest BCUT2D eigenvalue weighted by molar-refractivity contribution is 0.910. The molecule has 1 aromatic carbocycles. The summed E-state index contributed by atoms with van der Waals surface area (Å²) in [6, 6.07) is 11.1. The molecule has 0 aliphatic heterocycles. The molecule has 3 rings (SSSR count). The van der Waals surface area contributed by atoms with Gasteiger partial charge >= 0.3 is 0 Å². The van der Waals surface area contributed by atoms with Crippen LogP contribution in [0.2, 0.25) is 0 Å². The summed E-state index contributed by atoms with van der Waals surface area (Å²) >= 11 is 5.32. The first-order valence-corrected chi connectivity index (χ1v) is 6.67. The Hall–Kier alpha value is -2.27. The number of para-hydroxylation sites is 1. The molecule has 1 N–H and O–H groups in total. The highest BCUT2D eigenvalue weighted by atomic mass is 32.1. The fourth-order valence-electron chi connectivity index (χ4n) is 2.30. The average Bonchev–Trinajstić information content (AvgIpc) is 2.41. The van der Waals surface area contributed by atoms with Crippen molar-refractivity contribution < 1.29 is 0 Å². The van der Waals surface area contributed by atoms with Crippen LogP contribution in [0.25, 0.3) is 16.6 Å². The van der Waals surface area contributed by atoms with Gasteiger partial charge < -0.3 is 4.98 Å². The lowest BCUT2D eigenvalue weighted by Gasteiger charge is -2.10. The lowest BCUT2D eigenvalue weighted by atomic mass is 10.2. The van der Waals surface area contributed by atoms with Crippen LogP contribution in [0.3, 0.4) is 0 Å². The van der Waals surface area contributed by atoms with Gasteiger partial charge in [-0.2, -0.15) is 0 Å². The van der Waals surface area contributed by atoms with E-state index >= 15 is 0 Å². The summed E-state index contributed by atoms with van der Waals surface area (Å²) in [6.07, 6.45) is 0. The first kappa shape index (κ1) is 12.7. The molecule has 0 amide bonds. The number of aromatic amines is 1. The lowest BCUT2D eigenvalue weighted by Crippen LogP contribution is -2.21. The minimum absolute atomic E-state index is 0.127. The van der Waals surface area contributed by atoms with Crippen LogP contribution in [0.5, 0.6) is 0 Å². The van der Waals surface area contributed by atoms with Gasteiger partial charge in [0.05, 0.1) is 22.3 Å². The first-order chi connectivity index (χ1) is 9.58. The van der Waals surface area contributed by atoms with Gasteiger partial charge in [-0.05, 0) is 50.3 Å². The number of nitrogens with one attached hydrogen (secondary N) is 1. The average molecular weight is 283 g/mol. The summed E-state index contributed by atoms with van der Waals surface area (Å²) in [5, 5.41) is 0.612. The Morgan fingerprint density at radius 2 is 1.90 bits per heavy atom. The highest BCUT2D eigenvalue weighted by Gasteiger charge is 2.09. The minimum Gasteiger partial charge on any atom is -0.331 e. The molecule has 2 heterocycles. The molecule has 2 aromatic heterocycles. The van der Waals surface area contributed by atoms with Crippen molar-refractivity contribution in [3.63, 3.8) is 0 Å². The molecule has 0 unspecified atom stereocenters. The van der Waals surface area contributed by atoms with E-state index in [0.29, 0.717) is 15.8 Å². The van der Waals surface area contributed by atoms with Crippen LogP contribution in [0.15, 0.2) is 41.2 Å². The predicted octanol–water partition coefficient (Wildman–Crippen LogP) is 3.06. The summed E-state index contributed by atoms with van der Waals surface area (Å²) in [7, 11) is 0. The van der Waals surface area contributed by atoms with E-state index in [0.717, 1.165) is 16.9 Å². The van der Waals surface area contributed by atoms with E-state index in [1.165, 1.54) is 4.57 Å². The molecule has 100 valence electrons. The summed E-state index contributed by atoms with van der Waals surface area (Å²) in [5.41, 5.74) is 3.03. The van der Waals surface area contributed by atoms with Crippen molar-refractivity contribution in [3.8, 4) is 5.69 Å². The fourth-order valence-corrected chi connectivity index (χ4v) is 2.59. The number of benzene rings is 1. The summed E-state index contributed by atoms with van der Waals surface area (Å²) in [6.45, 7) is 3.79. The number of rotatable bonds is 1. The molecule has 0 fully saturated rings. The normalized spacial score (nSPS) is 10.9. The molecule has 0 aliphatic carbocycles. The van der Waals surface area contributed by atoms with Gasteiger partial charge in [0, 0.05) is 5.69 Å². The van der Waals surface area contributed by atoms with Crippen LogP contribution in [0, 0.1) is 18.6 Å². The zero-order valence-electron chi connectivity index (χ0n) is 11.2. The number of aromatic nitrogens is 3. The van der Waals surface area contributed by atoms with Gasteiger partial charge in [0.25, 0.3) is 5.56 Å². The Morgan fingerprint density at radius 3 is 2.65 bits per heavy atom. The van der Waals surface area contributed by atoms with Gasteiger partial charge in [0.2, 0.25) is 0 Å². The number of nitrogens with zero attached hydrogens (tertiary/aromatic N) is 2. The number of hydrogen-bond donors (Lipinski definition) is 1. The Morgan fingerprint density at radius 1 is 1.15 bits per heavy atom. The molecule has 0 radical (unpaired) electrons. The van der Waals surface area contributed by atoms with Crippen molar-refractivity contribution in [2.45, 2.75) is 13.8 Å². The van der Waals surface area contributed by atoms with Crippen LogP contribution in [-0.4, -0.2) is 14.5 Å². The third kappa shape index (κ3) is 1.96. The molecule has 3 aromatic rings. The maximum atomic E-state index is 12.6. The topological polar surface area (TPSA) is 50.7 Å². The number of hydrogen-bond acceptors (Lipinski definition) is 3. The fraction of sp³-hybridized carbons (Fsp3) is 0.133. The monoisotopic (exact) mass is 283 g/mol. The highest BCUT2D eigenvalue weighted by molar-refractivity contribution is 7.71. The van der Waals surface area contributed by atoms with Crippen LogP contribution in [0.4, 0.5) is 0 Å². The number of H-pyrrole nitrogens is 1. The molecule has 0 bridgehead atoms. The molecule has 0 atom stereocenters. The number of pyridine rings is 1. The van der Waals surface area contributed by atoms with E-state index in [1.807, 2.05) is 44.2 Å². The van der Waals surface area contributed by atoms with E-state index in [4.69, 9.17) is 12.2 Å². The standard InChI is InChI=1S/C15H13N3OS/c1-9-7-8-13(10(2)16-9)18-14(19)11-5-3-4-6-12(11)17-15(18)20/h3-8H,1-2H3,(H,17,20). The van der Waals surface area contributed by atoms with Crippen molar-refractivity contribution in [3.05, 3.63) is 62.9 Å². The zero-order chi connectivity index (χ0) is 14.3. The van der Waals surface area contributed by atoms with Gasteiger partial charge in [-0.25, -0.2) is 0 Å². The Kier molecular flexibility index (Phi) is 2.99. The van der Waals surface area contributed by atoms with Gasteiger partial charge in [-0.3, -0.25) is 14.3 Å². The van der Waals surface area contributed by atoms with Crippen LogP contribution >= 0.6 is 12.2 Å². The van der Waals surface area contributed by atoms with Crippen LogP contribution in [-0.2, 0) is 0 Å². The van der Waals surface area contributed by atoms with Crippen LogP contribution in [0.1, 0.15) is 11.4 Å². The van der Waals surface area contributed by atoms with E-state index in [1.54, 1.807) is 6.07 Å². The molecular weight excluding hydrogens is 270 g/mol. The number of fused-ring (bicyclic) bond motifs is 1. The molecule has 0 spiro atoms. The third-order valence-corrected chi connectivity index (χ3v) is 3.53. The molecule has 20 heavy (non-hydrogen) atoms. The van der Waals surface area contributed by atoms with E-state index < -0.39 is 0 Å². The van der Waals surface area contributed by atoms with E-state index in [-0.39, 0.29) is 5.56 Å². The van der Waals surface area contributed by atoms with Gasteiger partial charge in [0.15, 0.2) is 4.77 Å². The second-order valence-electron chi connectivity index (χ2n) is 4.67. The second kappa shape index (κ2) is 4.68. The zero-order valence-corrected chi connectivity index (χ0v) is 12.0. The molecular formula is C15H13N3OS. The predicted molar refractivity (Wildman–Crippen MR) is 82.0 cm³/mol. The molecule has 4 nitrogen and oxygen atoms in total. The van der Waals surface area contributed by atoms with Crippen molar-refractivity contribution in [1.82, 2.24) is 14.5 Å². The van der Waals surface area contributed by atoms with E-state index in [9.17, 15) is 4.79 Å². The number of aryl methyl sites for hydroxylation is 2. The van der Waals surface area contributed by atoms with Gasteiger partial charge in [-0.1, -0.05) is 12.1 Å². The maximum Gasteiger partial charge on any atom is 0.266 e. The summed E-state index contributed by atoms with van der Waals surface area (Å²) in [4.78, 5) is 20.1. The van der Waals surface area contributed by atoms with Crippen molar-refractivity contribution in [2.75, 3.05) is 0 Å². The molecule has 5 heteroatoms. The Labute approximate surface area is 120 Å². The summed E-state index contributed by atoms with van der Waals surface area (Å²) in [5.74, 6) is 0. The smallest absolute Gasteiger partial charge is 0.266 e. The largest absolute Gasteiger partial charge is 0.331 e. The van der Waals surface area contributed by atoms with Crippen molar-refractivity contribution in [1.29, 1.82) is 0 Å². The van der Waals surface area contributed by atoms with Gasteiger partial charge in [-0.15, -0.1) is 0 Å². The third-order valence-electron chi connectivity index (χ3n) is 3.24. The first-order valence-electron chi connectivity index (χ1n) is 6.26. The van der Waals surface area contributed by atoms with Gasteiger partial charge in [0.1, 0.15) is 0 Å². The Balaban J connectivity index is 2.43. The van der Waals surface area contributed by atoms with Crippen molar-refractivity contribution in [2.24, 2.45) is 0 Å². The maximum absolute atomic E-state index is 12.6. The minimum atomic E-state index is -0.127. The Bertz CT molecular complexity index is 924. The summed E-state index contributed by atoms with van der Waals surface area (Å²) < 4.78 is 1.88. The van der Waals surface area contributed by atoms with Crippen molar-refractivity contribution >= 4 is 23.1 Å². The molecule has 0 saturated carbocycles. The second-order valence-corrected chi connectivity index (χ2v) is 5.06. The quantitative estimate of drug-likeness (QED) is 0.698. The van der Waals surface area contributed by atoms with Crippen LogP contribution < -0.4 is 5.56 Å².